The van der Waals surface area contributed by atoms with Gasteiger partial charge in [-0.05, 0) is 44.9 Å². The second-order valence-electron chi connectivity index (χ2n) is 6.54. The number of rotatable bonds is 3. The summed E-state index contributed by atoms with van der Waals surface area (Å²) in [5.41, 5.74) is 0. The minimum Gasteiger partial charge on any atom is -0.481 e. The lowest BCUT2D eigenvalue weighted by molar-refractivity contribution is -0.137. The second kappa shape index (κ2) is 7.66. The number of nitrogens with zero attached hydrogens (tertiary/aromatic N) is 2. The molecule has 2 saturated heterocycles. The number of likely N-dealkylation sites (tertiary alicyclic amines) is 2. The van der Waals surface area contributed by atoms with E-state index in [2.05, 4.69) is 6.92 Å². The predicted octanol–water partition coefficient (Wildman–Crippen LogP) is 2.95. The smallest absolute Gasteiger partial charge is 0.320 e. The maximum Gasteiger partial charge on any atom is 0.320 e. The molecule has 0 aromatic heterocycles. The fourth-order valence-electron chi connectivity index (χ4n) is 3.48. The number of carboxylic acid groups (broad SMARTS) is 1. The zero-order valence-corrected chi connectivity index (χ0v) is 13.1. The van der Waals surface area contributed by atoms with Crippen molar-refractivity contribution in [1.82, 2.24) is 9.80 Å². The van der Waals surface area contributed by atoms with Crippen molar-refractivity contribution in [3.05, 3.63) is 0 Å². The van der Waals surface area contributed by atoms with Crippen molar-refractivity contribution >= 4 is 12.0 Å². The van der Waals surface area contributed by atoms with Gasteiger partial charge in [0.25, 0.3) is 0 Å². The number of amides is 2. The molecule has 0 saturated carbocycles. The number of carboxylic acids is 1. The van der Waals surface area contributed by atoms with Gasteiger partial charge in [-0.15, -0.1) is 0 Å². The van der Waals surface area contributed by atoms with Crippen LogP contribution in [0.1, 0.15) is 58.3 Å². The number of hydrogen-bond donors (Lipinski definition) is 1. The molecule has 5 nitrogen and oxygen atoms in total. The molecule has 1 atom stereocenters. The van der Waals surface area contributed by atoms with E-state index in [-0.39, 0.29) is 12.5 Å². The van der Waals surface area contributed by atoms with Crippen molar-refractivity contribution in [2.75, 3.05) is 19.6 Å². The number of urea groups is 1. The average Bonchev–Trinajstić information content (AvgIpc) is 2.69. The third kappa shape index (κ3) is 4.61. The van der Waals surface area contributed by atoms with Crippen LogP contribution in [0.5, 0.6) is 0 Å². The van der Waals surface area contributed by atoms with E-state index in [0.717, 1.165) is 51.7 Å². The molecule has 2 fully saturated rings. The second-order valence-corrected chi connectivity index (χ2v) is 6.54. The average molecular weight is 296 g/mol. The Bertz CT molecular complexity index is 365. The topological polar surface area (TPSA) is 60.9 Å². The quantitative estimate of drug-likeness (QED) is 0.871. The summed E-state index contributed by atoms with van der Waals surface area (Å²) in [6, 6.07) is 0.547. The molecule has 0 aromatic rings. The lowest BCUT2D eigenvalue weighted by Crippen LogP contribution is -2.49. The summed E-state index contributed by atoms with van der Waals surface area (Å²) in [4.78, 5) is 27.3. The number of hydrogen-bond acceptors (Lipinski definition) is 2. The third-order valence-electron chi connectivity index (χ3n) is 4.95. The van der Waals surface area contributed by atoms with Crippen molar-refractivity contribution in [2.45, 2.75) is 64.3 Å². The maximum atomic E-state index is 12.6. The van der Waals surface area contributed by atoms with Gasteiger partial charge >= 0.3 is 12.0 Å². The Hall–Kier alpha value is -1.26. The van der Waals surface area contributed by atoms with Gasteiger partial charge in [0, 0.05) is 32.1 Å². The van der Waals surface area contributed by atoms with Crippen molar-refractivity contribution in [1.29, 1.82) is 0 Å². The first-order valence-corrected chi connectivity index (χ1v) is 8.35. The van der Waals surface area contributed by atoms with E-state index in [4.69, 9.17) is 5.11 Å². The summed E-state index contributed by atoms with van der Waals surface area (Å²) in [6.07, 6.45) is 7.57. The molecule has 1 unspecified atom stereocenters. The molecule has 0 radical (unpaired) electrons. The fraction of sp³-hybridized carbons (Fsp3) is 0.875. The van der Waals surface area contributed by atoms with Crippen LogP contribution in [0.3, 0.4) is 0 Å². The van der Waals surface area contributed by atoms with Crippen LogP contribution in [0.4, 0.5) is 4.79 Å². The predicted molar refractivity (Wildman–Crippen MR) is 81.2 cm³/mol. The van der Waals surface area contributed by atoms with E-state index in [1.54, 1.807) is 0 Å². The summed E-state index contributed by atoms with van der Waals surface area (Å²) >= 11 is 0. The largest absolute Gasteiger partial charge is 0.481 e. The van der Waals surface area contributed by atoms with E-state index in [1.807, 2.05) is 9.80 Å². The molecule has 0 aliphatic carbocycles. The van der Waals surface area contributed by atoms with Gasteiger partial charge in [-0.2, -0.15) is 0 Å². The molecule has 2 rings (SSSR count). The zero-order valence-electron chi connectivity index (χ0n) is 13.1. The van der Waals surface area contributed by atoms with Crippen LogP contribution in [0, 0.1) is 5.92 Å². The molecule has 0 aromatic carbocycles. The normalized spacial score (nSPS) is 24.7. The molecule has 2 amide bonds. The number of aliphatic carboxylic acids is 1. The van der Waals surface area contributed by atoms with Crippen molar-refractivity contribution in [3.63, 3.8) is 0 Å². The third-order valence-corrected chi connectivity index (χ3v) is 4.95. The number of carbonyl (C=O) groups excluding carboxylic acids is 1. The molecular weight excluding hydrogens is 268 g/mol. The summed E-state index contributed by atoms with van der Waals surface area (Å²) in [7, 11) is 0. The van der Waals surface area contributed by atoms with Gasteiger partial charge in [-0.25, -0.2) is 4.79 Å². The molecule has 2 aliphatic heterocycles. The Morgan fingerprint density at radius 1 is 1.05 bits per heavy atom. The van der Waals surface area contributed by atoms with E-state index in [0.29, 0.717) is 12.0 Å². The molecule has 1 N–H and O–H groups in total. The highest BCUT2D eigenvalue weighted by atomic mass is 16.4. The monoisotopic (exact) mass is 296 g/mol. The molecule has 21 heavy (non-hydrogen) atoms. The van der Waals surface area contributed by atoms with Gasteiger partial charge in [0.05, 0.1) is 0 Å². The summed E-state index contributed by atoms with van der Waals surface area (Å²) in [5, 5.41) is 8.74. The molecule has 0 bridgehead atoms. The highest BCUT2D eigenvalue weighted by molar-refractivity contribution is 5.75. The van der Waals surface area contributed by atoms with Gasteiger partial charge in [0.15, 0.2) is 0 Å². The molecular formula is C16H28N2O3. The molecule has 0 spiro atoms. The highest BCUT2D eigenvalue weighted by Gasteiger charge is 2.29. The first-order valence-electron chi connectivity index (χ1n) is 8.35. The van der Waals surface area contributed by atoms with Gasteiger partial charge in [0.1, 0.15) is 0 Å². The fourth-order valence-corrected chi connectivity index (χ4v) is 3.48. The van der Waals surface area contributed by atoms with Gasteiger partial charge in [0.2, 0.25) is 0 Å². The SMILES string of the molecule is CC1CCCCCN1C(=O)N1CCC(CCC(=O)O)CC1. The zero-order chi connectivity index (χ0) is 15.2. The van der Waals surface area contributed by atoms with Crippen molar-refractivity contribution < 1.29 is 14.7 Å². The minimum atomic E-state index is -0.716. The first-order chi connectivity index (χ1) is 10.1. The van der Waals surface area contributed by atoms with Gasteiger partial charge < -0.3 is 14.9 Å². The van der Waals surface area contributed by atoms with Crippen LogP contribution in [0.15, 0.2) is 0 Å². The van der Waals surface area contributed by atoms with Crippen molar-refractivity contribution in [3.8, 4) is 0 Å². The van der Waals surface area contributed by atoms with Gasteiger partial charge in [-0.3, -0.25) is 4.79 Å². The Morgan fingerprint density at radius 3 is 2.43 bits per heavy atom. The summed E-state index contributed by atoms with van der Waals surface area (Å²) < 4.78 is 0. The van der Waals surface area contributed by atoms with E-state index < -0.39 is 5.97 Å². The minimum absolute atomic E-state index is 0.195. The summed E-state index contributed by atoms with van der Waals surface area (Å²) in [5.74, 6) is -0.251. The first kappa shape index (κ1) is 16.1. The standard InChI is InChI=1S/C16H28N2O3/c1-13-5-3-2-4-10-18(13)16(21)17-11-8-14(9-12-17)6-7-15(19)20/h13-14H,2-12H2,1H3,(H,19,20). The number of carbonyl (C=O) groups is 2. The lowest BCUT2D eigenvalue weighted by Gasteiger charge is -2.37. The molecule has 120 valence electrons. The van der Waals surface area contributed by atoms with E-state index >= 15 is 0 Å². The molecule has 2 aliphatic rings. The van der Waals surface area contributed by atoms with Crippen LogP contribution >= 0.6 is 0 Å². The van der Waals surface area contributed by atoms with Crippen LogP contribution in [-0.2, 0) is 4.79 Å². The lowest BCUT2D eigenvalue weighted by atomic mass is 9.92. The molecule has 2 heterocycles. The van der Waals surface area contributed by atoms with E-state index in [9.17, 15) is 9.59 Å². The molecule has 5 heteroatoms. The Labute approximate surface area is 127 Å². The summed E-state index contributed by atoms with van der Waals surface area (Å²) in [6.45, 7) is 4.61. The van der Waals surface area contributed by atoms with Crippen LogP contribution in [0.25, 0.3) is 0 Å². The maximum absolute atomic E-state index is 12.6. The van der Waals surface area contributed by atoms with Crippen molar-refractivity contribution in [2.24, 2.45) is 5.92 Å². The Kier molecular flexibility index (Phi) is 5.88. The van der Waals surface area contributed by atoms with Gasteiger partial charge in [-0.1, -0.05) is 12.8 Å². The Morgan fingerprint density at radius 2 is 1.76 bits per heavy atom. The highest BCUT2D eigenvalue weighted by Crippen LogP contribution is 2.24. The number of piperidine rings is 1. The van der Waals surface area contributed by atoms with Crippen LogP contribution in [0.2, 0.25) is 0 Å². The van der Waals surface area contributed by atoms with Crippen LogP contribution in [-0.4, -0.2) is 52.6 Å². The van der Waals surface area contributed by atoms with Crippen LogP contribution < -0.4 is 0 Å². The van der Waals surface area contributed by atoms with E-state index in [1.165, 1.54) is 12.8 Å². The Balaban J connectivity index is 1.80.